The molecule has 1 fully saturated rings. The average molecular weight is 157 g/mol. The number of hydrogen-bond donors (Lipinski definition) is 1. The van der Waals surface area contributed by atoms with Crippen LogP contribution in [0.25, 0.3) is 0 Å². The first-order chi connectivity index (χ1) is 5.24. The lowest BCUT2D eigenvalue weighted by Gasteiger charge is -2.29. The maximum Gasteiger partial charge on any atom is 0.308 e. The number of esters is 1. The summed E-state index contributed by atoms with van der Waals surface area (Å²) in [5.41, 5.74) is 0. The van der Waals surface area contributed by atoms with E-state index in [1.165, 1.54) is 13.5 Å². The van der Waals surface area contributed by atoms with Crippen LogP contribution in [0.2, 0.25) is 0 Å². The van der Waals surface area contributed by atoms with Gasteiger partial charge in [-0.2, -0.15) is 0 Å². The third-order valence-corrected chi connectivity index (χ3v) is 2.17. The Morgan fingerprint density at radius 1 is 1.82 bits per heavy atom. The molecule has 0 aromatic rings. The molecule has 2 atom stereocenters. The van der Waals surface area contributed by atoms with Crippen molar-refractivity contribution in [1.82, 2.24) is 5.32 Å². The first-order valence-electron chi connectivity index (χ1n) is 4.05. The molecule has 0 spiro atoms. The van der Waals surface area contributed by atoms with E-state index in [0.29, 0.717) is 6.04 Å². The second-order valence-corrected chi connectivity index (χ2v) is 3.10. The van der Waals surface area contributed by atoms with Crippen LogP contribution in [0, 0.1) is 5.92 Å². The summed E-state index contributed by atoms with van der Waals surface area (Å²) in [4.78, 5) is 10.9. The van der Waals surface area contributed by atoms with E-state index in [2.05, 4.69) is 10.1 Å². The SMILES string of the molecule is COC(=O)C(C)CC1CCN1. The zero-order valence-corrected chi connectivity index (χ0v) is 7.09. The molecule has 3 nitrogen and oxygen atoms in total. The van der Waals surface area contributed by atoms with Crippen LogP contribution in [0.5, 0.6) is 0 Å². The summed E-state index contributed by atoms with van der Waals surface area (Å²) in [6.45, 7) is 3.00. The van der Waals surface area contributed by atoms with Crippen LogP contribution >= 0.6 is 0 Å². The molecule has 1 saturated heterocycles. The van der Waals surface area contributed by atoms with Crippen LogP contribution in [-0.4, -0.2) is 25.7 Å². The van der Waals surface area contributed by atoms with Gasteiger partial charge in [0.2, 0.25) is 0 Å². The molecule has 0 amide bonds. The van der Waals surface area contributed by atoms with Crippen LogP contribution < -0.4 is 5.32 Å². The Morgan fingerprint density at radius 3 is 2.82 bits per heavy atom. The summed E-state index contributed by atoms with van der Waals surface area (Å²) in [6, 6.07) is 0.545. The second-order valence-electron chi connectivity index (χ2n) is 3.10. The molecule has 64 valence electrons. The highest BCUT2D eigenvalue weighted by Crippen LogP contribution is 2.14. The minimum absolute atomic E-state index is 0.0396. The Morgan fingerprint density at radius 2 is 2.45 bits per heavy atom. The number of carbonyl (C=O) groups is 1. The molecule has 0 aromatic carbocycles. The van der Waals surface area contributed by atoms with Crippen molar-refractivity contribution in [2.45, 2.75) is 25.8 Å². The summed E-state index contributed by atoms with van der Waals surface area (Å²) >= 11 is 0. The Labute approximate surface area is 67.1 Å². The lowest BCUT2D eigenvalue weighted by Crippen LogP contribution is -2.44. The van der Waals surface area contributed by atoms with Crippen LogP contribution in [0.4, 0.5) is 0 Å². The van der Waals surface area contributed by atoms with Crippen molar-refractivity contribution >= 4 is 5.97 Å². The highest BCUT2D eigenvalue weighted by molar-refractivity contribution is 5.71. The maximum absolute atomic E-state index is 10.9. The maximum atomic E-state index is 10.9. The summed E-state index contributed by atoms with van der Waals surface area (Å²) in [6.07, 6.45) is 2.11. The van der Waals surface area contributed by atoms with Gasteiger partial charge in [-0.15, -0.1) is 0 Å². The molecule has 1 aliphatic rings. The van der Waals surface area contributed by atoms with Gasteiger partial charge in [0.15, 0.2) is 0 Å². The zero-order valence-electron chi connectivity index (χ0n) is 7.09. The molecule has 11 heavy (non-hydrogen) atoms. The van der Waals surface area contributed by atoms with Crippen LogP contribution in [0.15, 0.2) is 0 Å². The van der Waals surface area contributed by atoms with Crippen molar-refractivity contribution in [3.8, 4) is 0 Å². The Balaban J connectivity index is 2.18. The fourth-order valence-electron chi connectivity index (χ4n) is 1.27. The first kappa shape index (κ1) is 8.53. The van der Waals surface area contributed by atoms with Crippen molar-refractivity contribution in [1.29, 1.82) is 0 Å². The largest absolute Gasteiger partial charge is 0.469 e. The van der Waals surface area contributed by atoms with E-state index >= 15 is 0 Å². The molecule has 0 bridgehead atoms. The number of rotatable bonds is 3. The number of methoxy groups -OCH3 is 1. The van der Waals surface area contributed by atoms with E-state index in [1.54, 1.807) is 0 Å². The molecule has 1 aliphatic heterocycles. The molecule has 0 aromatic heterocycles. The van der Waals surface area contributed by atoms with Gasteiger partial charge in [-0.25, -0.2) is 0 Å². The monoisotopic (exact) mass is 157 g/mol. The fourth-order valence-corrected chi connectivity index (χ4v) is 1.27. The van der Waals surface area contributed by atoms with Gasteiger partial charge in [0.25, 0.3) is 0 Å². The van der Waals surface area contributed by atoms with Gasteiger partial charge in [0.05, 0.1) is 13.0 Å². The van der Waals surface area contributed by atoms with Crippen molar-refractivity contribution in [2.24, 2.45) is 5.92 Å². The molecule has 2 unspecified atom stereocenters. The molecule has 1 N–H and O–H groups in total. The predicted molar refractivity (Wildman–Crippen MR) is 42.2 cm³/mol. The van der Waals surface area contributed by atoms with Crippen molar-refractivity contribution < 1.29 is 9.53 Å². The molecular formula is C8H15NO2. The molecule has 1 rings (SSSR count). The van der Waals surface area contributed by atoms with Crippen LogP contribution in [-0.2, 0) is 9.53 Å². The lowest BCUT2D eigenvalue weighted by molar-refractivity contribution is -0.145. The number of hydrogen-bond acceptors (Lipinski definition) is 3. The summed E-state index contributed by atoms with van der Waals surface area (Å²) in [7, 11) is 1.44. The highest BCUT2D eigenvalue weighted by atomic mass is 16.5. The van der Waals surface area contributed by atoms with Gasteiger partial charge in [0, 0.05) is 6.04 Å². The predicted octanol–water partition coefficient (Wildman–Crippen LogP) is 0.547. The first-order valence-corrected chi connectivity index (χ1v) is 4.05. The van der Waals surface area contributed by atoms with Gasteiger partial charge >= 0.3 is 5.97 Å². The normalized spacial score (nSPS) is 25.5. The second kappa shape index (κ2) is 3.72. The number of nitrogens with one attached hydrogen (secondary N) is 1. The minimum Gasteiger partial charge on any atom is -0.469 e. The van der Waals surface area contributed by atoms with E-state index in [1.807, 2.05) is 6.92 Å². The summed E-state index contributed by atoms with van der Waals surface area (Å²) < 4.78 is 4.61. The van der Waals surface area contributed by atoms with Gasteiger partial charge in [-0.3, -0.25) is 4.79 Å². The van der Waals surface area contributed by atoms with Crippen molar-refractivity contribution in [3.63, 3.8) is 0 Å². The number of ether oxygens (including phenoxy) is 1. The molecule has 0 radical (unpaired) electrons. The van der Waals surface area contributed by atoms with Crippen molar-refractivity contribution in [2.75, 3.05) is 13.7 Å². The summed E-state index contributed by atoms with van der Waals surface area (Å²) in [5.74, 6) is -0.0588. The van der Waals surface area contributed by atoms with Gasteiger partial charge in [-0.05, 0) is 19.4 Å². The fraction of sp³-hybridized carbons (Fsp3) is 0.875. The standard InChI is InChI=1S/C8H15NO2/c1-6(8(10)11-2)5-7-3-4-9-7/h6-7,9H,3-5H2,1-2H3. The Kier molecular flexibility index (Phi) is 2.88. The smallest absolute Gasteiger partial charge is 0.308 e. The minimum atomic E-state index is -0.0984. The van der Waals surface area contributed by atoms with E-state index in [4.69, 9.17) is 0 Å². The van der Waals surface area contributed by atoms with E-state index in [9.17, 15) is 4.79 Å². The topological polar surface area (TPSA) is 38.3 Å². The molecular weight excluding hydrogens is 142 g/mol. The summed E-state index contributed by atoms with van der Waals surface area (Å²) in [5, 5.41) is 3.25. The van der Waals surface area contributed by atoms with Gasteiger partial charge < -0.3 is 10.1 Å². The Hall–Kier alpha value is -0.570. The zero-order chi connectivity index (χ0) is 8.27. The van der Waals surface area contributed by atoms with Crippen LogP contribution in [0.1, 0.15) is 19.8 Å². The molecule has 0 saturated carbocycles. The quantitative estimate of drug-likeness (QED) is 0.608. The molecule has 3 heteroatoms. The van der Waals surface area contributed by atoms with Crippen LogP contribution in [0.3, 0.4) is 0 Å². The number of carbonyl (C=O) groups excluding carboxylic acids is 1. The lowest BCUT2D eigenvalue weighted by atomic mass is 9.95. The van der Waals surface area contributed by atoms with Gasteiger partial charge in [-0.1, -0.05) is 6.92 Å². The molecule has 0 aliphatic carbocycles. The van der Waals surface area contributed by atoms with E-state index < -0.39 is 0 Å². The average Bonchev–Trinajstić information content (AvgIpc) is 1.94. The van der Waals surface area contributed by atoms with E-state index in [0.717, 1.165) is 13.0 Å². The Bertz CT molecular complexity index is 143. The van der Waals surface area contributed by atoms with Crippen molar-refractivity contribution in [3.05, 3.63) is 0 Å². The molecule has 1 heterocycles. The third-order valence-electron chi connectivity index (χ3n) is 2.17. The van der Waals surface area contributed by atoms with Gasteiger partial charge in [0.1, 0.15) is 0 Å². The third kappa shape index (κ3) is 2.19. The van der Waals surface area contributed by atoms with E-state index in [-0.39, 0.29) is 11.9 Å². The highest BCUT2D eigenvalue weighted by Gasteiger charge is 2.22.